The molecule has 0 atom stereocenters. The first-order valence-corrected chi connectivity index (χ1v) is 4.33. The zero-order valence-corrected chi connectivity index (χ0v) is 7.81. The molecular weight excluding hydrogens is 176 g/mol. The molecule has 0 saturated heterocycles. The second-order valence-corrected chi connectivity index (χ2v) is 2.84. The van der Waals surface area contributed by atoms with Gasteiger partial charge in [0, 0.05) is 5.56 Å². The van der Waals surface area contributed by atoms with Crippen molar-refractivity contribution in [1.29, 1.82) is 0 Å². The molecule has 0 aromatic heterocycles. The van der Waals surface area contributed by atoms with Gasteiger partial charge in [-0.15, -0.1) is 6.58 Å². The first kappa shape index (κ1) is 10.3. The van der Waals surface area contributed by atoms with Crippen LogP contribution >= 0.6 is 0 Å². The number of hydrogen-bond acceptors (Lipinski definition) is 2. The summed E-state index contributed by atoms with van der Waals surface area (Å²) in [7, 11) is 0. The van der Waals surface area contributed by atoms with E-state index in [4.69, 9.17) is 0 Å². The predicted molar refractivity (Wildman–Crippen MR) is 57.1 cm³/mol. The lowest BCUT2D eigenvalue weighted by atomic mass is 10.0. The van der Waals surface area contributed by atoms with E-state index in [-0.39, 0.29) is 5.75 Å². The van der Waals surface area contributed by atoms with Crippen molar-refractivity contribution >= 4 is 12.4 Å². The van der Waals surface area contributed by atoms with E-state index in [1.807, 2.05) is 6.07 Å². The standard InChI is InChI=1S/C12H12O2/c1-2-5-10-6-3-8-12(14)11(10)7-4-9-13/h2-4,6-9,14H,1,5H2. The van der Waals surface area contributed by atoms with Crippen LogP contribution in [0.2, 0.25) is 0 Å². The highest BCUT2D eigenvalue weighted by atomic mass is 16.3. The molecule has 0 bridgehead atoms. The van der Waals surface area contributed by atoms with Crippen molar-refractivity contribution in [3.8, 4) is 5.75 Å². The van der Waals surface area contributed by atoms with Gasteiger partial charge in [-0.25, -0.2) is 0 Å². The van der Waals surface area contributed by atoms with Gasteiger partial charge in [-0.1, -0.05) is 18.2 Å². The second-order valence-electron chi connectivity index (χ2n) is 2.84. The van der Waals surface area contributed by atoms with Crippen LogP contribution in [0.15, 0.2) is 36.9 Å². The molecule has 0 aliphatic heterocycles. The van der Waals surface area contributed by atoms with Gasteiger partial charge in [-0.05, 0) is 30.2 Å². The summed E-state index contributed by atoms with van der Waals surface area (Å²) in [6.07, 6.45) is 6.08. The molecule has 0 amide bonds. The van der Waals surface area contributed by atoms with E-state index >= 15 is 0 Å². The molecule has 1 rings (SSSR count). The molecule has 0 spiro atoms. The van der Waals surface area contributed by atoms with Gasteiger partial charge in [0.1, 0.15) is 12.0 Å². The van der Waals surface area contributed by atoms with E-state index in [1.165, 1.54) is 6.08 Å². The molecule has 1 N–H and O–H groups in total. The lowest BCUT2D eigenvalue weighted by Gasteiger charge is -2.04. The zero-order chi connectivity index (χ0) is 10.4. The molecule has 0 heterocycles. The number of allylic oxidation sites excluding steroid dienone is 2. The number of aromatic hydroxyl groups is 1. The summed E-state index contributed by atoms with van der Waals surface area (Å²) in [4.78, 5) is 10.2. The molecule has 2 heteroatoms. The highest BCUT2D eigenvalue weighted by Crippen LogP contribution is 2.22. The summed E-state index contributed by atoms with van der Waals surface area (Å²) >= 11 is 0. The van der Waals surface area contributed by atoms with Crippen LogP contribution in [0.5, 0.6) is 5.75 Å². The number of phenolic OH excluding ortho intramolecular Hbond substituents is 1. The Bertz CT molecular complexity index is 365. The Morgan fingerprint density at radius 2 is 2.21 bits per heavy atom. The average Bonchev–Trinajstić information content (AvgIpc) is 2.18. The largest absolute Gasteiger partial charge is 0.507 e. The van der Waals surface area contributed by atoms with E-state index in [2.05, 4.69) is 6.58 Å². The summed E-state index contributed by atoms with van der Waals surface area (Å²) in [5, 5.41) is 9.54. The van der Waals surface area contributed by atoms with E-state index < -0.39 is 0 Å². The smallest absolute Gasteiger partial charge is 0.142 e. The summed E-state index contributed by atoms with van der Waals surface area (Å²) in [6, 6.07) is 5.26. The lowest BCUT2D eigenvalue weighted by molar-refractivity contribution is -0.104. The first-order chi connectivity index (χ1) is 6.79. The first-order valence-electron chi connectivity index (χ1n) is 4.33. The van der Waals surface area contributed by atoms with Gasteiger partial charge in [0.25, 0.3) is 0 Å². The van der Waals surface area contributed by atoms with Crippen molar-refractivity contribution in [2.45, 2.75) is 6.42 Å². The van der Waals surface area contributed by atoms with Gasteiger partial charge < -0.3 is 5.11 Å². The Balaban J connectivity index is 3.14. The van der Waals surface area contributed by atoms with Crippen LogP contribution in [0.3, 0.4) is 0 Å². The van der Waals surface area contributed by atoms with Crippen LogP contribution in [-0.2, 0) is 11.2 Å². The third-order valence-corrected chi connectivity index (χ3v) is 1.88. The van der Waals surface area contributed by atoms with Crippen molar-refractivity contribution in [2.75, 3.05) is 0 Å². The number of carbonyl (C=O) groups is 1. The Kier molecular flexibility index (Phi) is 3.68. The van der Waals surface area contributed by atoms with Gasteiger partial charge in [-0.3, -0.25) is 4.79 Å². The molecular formula is C12H12O2. The monoisotopic (exact) mass is 188 g/mol. The molecule has 0 unspecified atom stereocenters. The van der Waals surface area contributed by atoms with Gasteiger partial charge >= 0.3 is 0 Å². The molecule has 1 aromatic carbocycles. The molecule has 0 aliphatic rings. The molecule has 2 nitrogen and oxygen atoms in total. The molecule has 1 aromatic rings. The van der Waals surface area contributed by atoms with Crippen molar-refractivity contribution in [3.05, 3.63) is 48.1 Å². The zero-order valence-electron chi connectivity index (χ0n) is 7.81. The van der Waals surface area contributed by atoms with Crippen molar-refractivity contribution in [3.63, 3.8) is 0 Å². The summed E-state index contributed by atoms with van der Waals surface area (Å²) in [5.74, 6) is 0.183. The Morgan fingerprint density at radius 1 is 1.43 bits per heavy atom. The van der Waals surface area contributed by atoms with Crippen molar-refractivity contribution in [2.24, 2.45) is 0 Å². The maximum atomic E-state index is 10.2. The predicted octanol–water partition coefficient (Wildman–Crippen LogP) is 2.33. The SMILES string of the molecule is C=CCc1cccc(O)c1C=CC=O. The molecule has 14 heavy (non-hydrogen) atoms. The number of aldehydes is 1. The molecule has 0 aliphatic carbocycles. The Morgan fingerprint density at radius 3 is 2.86 bits per heavy atom. The number of phenols is 1. The highest BCUT2D eigenvalue weighted by Gasteiger charge is 2.02. The Labute approximate surface area is 83.2 Å². The van der Waals surface area contributed by atoms with E-state index in [0.717, 1.165) is 5.56 Å². The van der Waals surface area contributed by atoms with Gasteiger partial charge in [0.05, 0.1) is 0 Å². The normalized spacial score (nSPS) is 10.3. The third-order valence-electron chi connectivity index (χ3n) is 1.88. The number of benzene rings is 1. The fourth-order valence-electron chi connectivity index (χ4n) is 1.26. The van der Waals surface area contributed by atoms with E-state index in [0.29, 0.717) is 18.3 Å². The quantitative estimate of drug-likeness (QED) is 0.447. The van der Waals surface area contributed by atoms with Crippen LogP contribution in [0.25, 0.3) is 6.08 Å². The van der Waals surface area contributed by atoms with Crippen LogP contribution in [0, 0.1) is 0 Å². The topological polar surface area (TPSA) is 37.3 Å². The molecule has 0 radical (unpaired) electrons. The van der Waals surface area contributed by atoms with E-state index in [1.54, 1.807) is 24.3 Å². The summed E-state index contributed by atoms with van der Waals surface area (Å²) in [5.41, 5.74) is 1.64. The summed E-state index contributed by atoms with van der Waals surface area (Å²) < 4.78 is 0. The Hall–Kier alpha value is -1.83. The average molecular weight is 188 g/mol. The van der Waals surface area contributed by atoms with E-state index in [9.17, 15) is 9.90 Å². The fraction of sp³-hybridized carbons (Fsp3) is 0.0833. The maximum Gasteiger partial charge on any atom is 0.142 e. The second kappa shape index (κ2) is 5.02. The van der Waals surface area contributed by atoms with Crippen molar-refractivity contribution < 1.29 is 9.90 Å². The number of rotatable bonds is 4. The minimum atomic E-state index is 0.183. The maximum absolute atomic E-state index is 10.2. The highest BCUT2D eigenvalue weighted by molar-refractivity contribution is 5.76. The van der Waals surface area contributed by atoms with Crippen LogP contribution in [-0.4, -0.2) is 11.4 Å². The van der Waals surface area contributed by atoms with Crippen LogP contribution < -0.4 is 0 Å². The van der Waals surface area contributed by atoms with Gasteiger partial charge in [-0.2, -0.15) is 0 Å². The molecule has 72 valence electrons. The lowest BCUT2D eigenvalue weighted by Crippen LogP contribution is -1.87. The minimum Gasteiger partial charge on any atom is -0.507 e. The molecule has 0 fully saturated rings. The number of hydrogen-bond donors (Lipinski definition) is 1. The van der Waals surface area contributed by atoms with Crippen LogP contribution in [0.1, 0.15) is 11.1 Å². The number of carbonyl (C=O) groups excluding carboxylic acids is 1. The summed E-state index contributed by atoms with van der Waals surface area (Å²) in [6.45, 7) is 3.63. The minimum absolute atomic E-state index is 0.183. The fourth-order valence-corrected chi connectivity index (χ4v) is 1.26. The van der Waals surface area contributed by atoms with Gasteiger partial charge in [0.15, 0.2) is 0 Å². The van der Waals surface area contributed by atoms with Crippen molar-refractivity contribution in [1.82, 2.24) is 0 Å². The van der Waals surface area contributed by atoms with Crippen LogP contribution in [0.4, 0.5) is 0 Å². The third kappa shape index (κ3) is 2.33. The van der Waals surface area contributed by atoms with Gasteiger partial charge in [0.2, 0.25) is 0 Å². The molecule has 0 saturated carbocycles.